The minimum Gasteiger partial charge on any atom is -0.465 e. The van der Waals surface area contributed by atoms with Crippen LogP contribution in [0.3, 0.4) is 0 Å². The van der Waals surface area contributed by atoms with Gasteiger partial charge in [-0.3, -0.25) is 4.79 Å². The van der Waals surface area contributed by atoms with Crippen LogP contribution < -0.4 is 5.32 Å². The summed E-state index contributed by atoms with van der Waals surface area (Å²) in [6, 6.07) is 10.4. The van der Waals surface area contributed by atoms with Gasteiger partial charge < -0.3 is 15.3 Å². The number of nitrogens with zero attached hydrogens (tertiary/aromatic N) is 5. The smallest absolute Gasteiger partial charge is 0.404 e. The molecule has 2 fully saturated rings. The van der Waals surface area contributed by atoms with E-state index in [1.54, 1.807) is 0 Å². The van der Waals surface area contributed by atoms with Gasteiger partial charge in [0, 0.05) is 18.5 Å². The van der Waals surface area contributed by atoms with Gasteiger partial charge in [-0.25, -0.2) is 9.48 Å². The summed E-state index contributed by atoms with van der Waals surface area (Å²) in [6.45, 7) is 1.52. The van der Waals surface area contributed by atoms with E-state index in [4.69, 9.17) is 5.11 Å². The maximum Gasteiger partial charge on any atom is 0.404 e. The summed E-state index contributed by atoms with van der Waals surface area (Å²) in [5.41, 5.74) is 1.13. The Labute approximate surface area is 207 Å². The van der Waals surface area contributed by atoms with E-state index in [0.29, 0.717) is 25.6 Å². The molecule has 190 valence electrons. The van der Waals surface area contributed by atoms with Crippen molar-refractivity contribution in [3.8, 4) is 0 Å². The molecule has 2 aromatic rings. The third-order valence-corrected chi connectivity index (χ3v) is 7.59. The summed E-state index contributed by atoms with van der Waals surface area (Å²) < 4.78 is 1.82. The van der Waals surface area contributed by atoms with Crippen LogP contribution in [-0.4, -0.2) is 54.8 Å². The van der Waals surface area contributed by atoms with E-state index in [-0.39, 0.29) is 17.9 Å². The van der Waals surface area contributed by atoms with Gasteiger partial charge in [0.2, 0.25) is 5.91 Å². The molecule has 1 aromatic heterocycles. The lowest BCUT2D eigenvalue weighted by Gasteiger charge is -2.38. The largest absolute Gasteiger partial charge is 0.465 e. The molecule has 2 aliphatic carbocycles. The summed E-state index contributed by atoms with van der Waals surface area (Å²) in [5.74, 6) is 1.49. The molecule has 1 heterocycles. The van der Waals surface area contributed by atoms with Crippen LogP contribution in [0.15, 0.2) is 30.3 Å². The Bertz CT molecular complexity index is 944. The summed E-state index contributed by atoms with van der Waals surface area (Å²) in [5, 5.41) is 23.7. The van der Waals surface area contributed by atoms with Crippen LogP contribution in [0.4, 0.5) is 4.79 Å². The lowest BCUT2D eigenvalue weighted by molar-refractivity contribution is -0.141. The number of benzene rings is 1. The molecule has 1 unspecified atom stereocenters. The van der Waals surface area contributed by atoms with Gasteiger partial charge in [-0.2, -0.15) is 0 Å². The molecule has 0 bridgehead atoms. The zero-order chi connectivity index (χ0) is 24.5. The van der Waals surface area contributed by atoms with Gasteiger partial charge in [0.15, 0.2) is 5.82 Å². The lowest BCUT2D eigenvalue weighted by atomic mass is 9.78. The van der Waals surface area contributed by atoms with Crippen molar-refractivity contribution >= 4 is 12.0 Å². The molecule has 2 N–H and O–H groups in total. The van der Waals surface area contributed by atoms with Crippen LogP contribution in [0, 0.1) is 11.8 Å². The number of nitrogens with one attached hydrogen (secondary N) is 1. The maximum atomic E-state index is 13.9. The van der Waals surface area contributed by atoms with E-state index in [0.717, 1.165) is 75.6 Å². The zero-order valence-electron chi connectivity index (χ0n) is 20.5. The summed E-state index contributed by atoms with van der Waals surface area (Å²) in [4.78, 5) is 26.7. The molecular formula is C26H38N6O3. The van der Waals surface area contributed by atoms with Crippen molar-refractivity contribution in [1.29, 1.82) is 0 Å². The second kappa shape index (κ2) is 12.7. The Morgan fingerprint density at radius 2 is 1.86 bits per heavy atom. The van der Waals surface area contributed by atoms with Crippen molar-refractivity contribution in [3.63, 3.8) is 0 Å². The molecule has 9 heteroatoms. The van der Waals surface area contributed by atoms with Crippen LogP contribution in [0.2, 0.25) is 0 Å². The van der Waals surface area contributed by atoms with Gasteiger partial charge in [-0.15, -0.1) is 5.10 Å². The van der Waals surface area contributed by atoms with Crippen LogP contribution in [0.25, 0.3) is 0 Å². The van der Waals surface area contributed by atoms with Crippen LogP contribution in [-0.2, 0) is 17.9 Å². The van der Waals surface area contributed by atoms with Gasteiger partial charge in [-0.1, -0.05) is 62.4 Å². The number of carbonyl (C=O) groups excluding carboxylic acids is 1. The molecule has 9 nitrogen and oxygen atoms in total. The van der Waals surface area contributed by atoms with Crippen LogP contribution >= 0.6 is 0 Å². The topological polar surface area (TPSA) is 113 Å². The summed E-state index contributed by atoms with van der Waals surface area (Å²) >= 11 is 0. The Hall–Kier alpha value is -2.97. The highest BCUT2D eigenvalue weighted by Gasteiger charge is 2.34. The number of tetrazole rings is 1. The van der Waals surface area contributed by atoms with Crippen molar-refractivity contribution in [1.82, 2.24) is 30.4 Å². The number of hydrogen-bond acceptors (Lipinski definition) is 5. The number of hydrogen-bond donors (Lipinski definition) is 2. The monoisotopic (exact) mass is 482 g/mol. The highest BCUT2D eigenvalue weighted by atomic mass is 16.4. The van der Waals surface area contributed by atoms with Crippen molar-refractivity contribution in [2.75, 3.05) is 6.54 Å². The first-order valence-electron chi connectivity index (χ1n) is 13.2. The number of amides is 2. The normalized spacial score (nSPS) is 20.9. The predicted molar refractivity (Wildman–Crippen MR) is 131 cm³/mol. The van der Waals surface area contributed by atoms with Gasteiger partial charge in [-0.05, 0) is 60.4 Å². The number of rotatable bonds is 10. The van der Waals surface area contributed by atoms with E-state index in [2.05, 4.69) is 37.9 Å². The third kappa shape index (κ3) is 7.26. The van der Waals surface area contributed by atoms with Gasteiger partial charge >= 0.3 is 6.09 Å². The van der Waals surface area contributed by atoms with E-state index in [1.165, 1.54) is 6.42 Å². The first kappa shape index (κ1) is 25.1. The average molecular weight is 483 g/mol. The van der Waals surface area contributed by atoms with Gasteiger partial charge in [0.1, 0.15) is 0 Å². The Kier molecular flexibility index (Phi) is 9.08. The molecule has 0 saturated heterocycles. The molecule has 4 rings (SSSR count). The van der Waals surface area contributed by atoms with E-state index in [1.807, 2.05) is 22.9 Å². The Balaban J connectivity index is 1.43. The molecule has 0 spiro atoms. The van der Waals surface area contributed by atoms with Crippen LogP contribution in [0.5, 0.6) is 0 Å². The molecule has 0 aliphatic heterocycles. The van der Waals surface area contributed by atoms with Crippen molar-refractivity contribution in [3.05, 3.63) is 41.7 Å². The average Bonchev–Trinajstić information content (AvgIpc) is 3.32. The Morgan fingerprint density at radius 1 is 1.06 bits per heavy atom. The fourth-order valence-electron chi connectivity index (χ4n) is 5.75. The predicted octanol–water partition coefficient (Wildman–Crippen LogP) is 4.24. The molecule has 2 saturated carbocycles. The molecule has 2 aliphatic rings. The molecule has 1 aromatic carbocycles. The quantitative estimate of drug-likeness (QED) is 0.490. The number of aromatic nitrogens is 4. The van der Waals surface area contributed by atoms with Crippen molar-refractivity contribution in [2.45, 2.75) is 89.8 Å². The van der Waals surface area contributed by atoms with E-state index in [9.17, 15) is 9.59 Å². The second-order valence-corrected chi connectivity index (χ2v) is 10.1. The van der Waals surface area contributed by atoms with E-state index >= 15 is 0 Å². The molecule has 2 amide bonds. The first-order valence-corrected chi connectivity index (χ1v) is 13.2. The number of carboxylic acid groups (broad SMARTS) is 1. The standard InChI is InChI=1S/C26H38N6O3/c33-25(22-13-7-11-20(17-22)12-8-16-27-26(34)35)31(23-14-5-2-6-15-23)19-24-28-29-30-32(24)18-21-9-3-1-4-10-21/h1,3-4,9-10,20,22-23,27H,2,5-8,11-19H2,(H,34,35)/t20-,22?/m0/s1. The Morgan fingerprint density at radius 3 is 2.63 bits per heavy atom. The minimum absolute atomic E-state index is 0.0292. The van der Waals surface area contributed by atoms with Gasteiger partial charge in [0.05, 0.1) is 13.1 Å². The highest BCUT2D eigenvalue weighted by Crippen LogP contribution is 2.35. The number of carbonyl (C=O) groups is 2. The first-order chi connectivity index (χ1) is 17.1. The summed E-state index contributed by atoms with van der Waals surface area (Å²) in [7, 11) is 0. The fraction of sp³-hybridized carbons (Fsp3) is 0.654. The zero-order valence-corrected chi connectivity index (χ0v) is 20.5. The highest BCUT2D eigenvalue weighted by molar-refractivity contribution is 5.79. The maximum absolute atomic E-state index is 13.9. The minimum atomic E-state index is -0.973. The lowest BCUT2D eigenvalue weighted by Crippen LogP contribution is -2.45. The van der Waals surface area contributed by atoms with Crippen molar-refractivity contribution in [2.24, 2.45) is 11.8 Å². The van der Waals surface area contributed by atoms with Gasteiger partial charge in [0.25, 0.3) is 0 Å². The molecule has 0 radical (unpaired) electrons. The summed E-state index contributed by atoms with van der Waals surface area (Å²) in [6.07, 6.45) is 10.5. The third-order valence-electron chi connectivity index (χ3n) is 7.59. The van der Waals surface area contributed by atoms with E-state index < -0.39 is 6.09 Å². The SMILES string of the molecule is O=C(O)NCCC[C@@H]1CCCC(C(=O)N(Cc2nnnn2Cc2ccccc2)C2CCCCC2)C1. The molecule has 2 atom stereocenters. The second-order valence-electron chi connectivity index (χ2n) is 10.1. The fourth-order valence-corrected chi connectivity index (χ4v) is 5.75. The molecule has 35 heavy (non-hydrogen) atoms. The molecular weight excluding hydrogens is 444 g/mol. The van der Waals surface area contributed by atoms with Crippen molar-refractivity contribution < 1.29 is 14.7 Å². The van der Waals surface area contributed by atoms with Crippen LogP contribution in [0.1, 0.15) is 82.0 Å².